The van der Waals surface area contributed by atoms with Crippen molar-refractivity contribution in [3.63, 3.8) is 0 Å². The van der Waals surface area contributed by atoms with Gasteiger partial charge in [-0.05, 0) is 48.9 Å². The molecule has 1 atom stereocenters. The van der Waals surface area contributed by atoms with Crippen LogP contribution in [0.1, 0.15) is 29.8 Å². The summed E-state index contributed by atoms with van der Waals surface area (Å²) in [6, 6.07) is 11.6. The Bertz CT molecular complexity index is 894. The number of nitrogens with one attached hydrogen (secondary N) is 2. The van der Waals surface area contributed by atoms with E-state index in [1.54, 1.807) is 24.3 Å². The summed E-state index contributed by atoms with van der Waals surface area (Å²) in [7, 11) is 0. The molecule has 0 bridgehead atoms. The molecule has 0 aromatic heterocycles. The summed E-state index contributed by atoms with van der Waals surface area (Å²) in [6.07, 6.45) is -0.962. The van der Waals surface area contributed by atoms with E-state index in [9.17, 15) is 14.4 Å². The fraction of sp³-hybridized carbons (Fsp3) is 0.250. The summed E-state index contributed by atoms with van der Waals surface area (Å²) >= 11 is 0. The molecule has 0 unspecified atom stereocenters. The second-order valence-electron chi connectivity index (χ2n) is 6.21. The Morgan fingerprint density at radius 2 is 1.79 bits per heavy atom. The maximum absolute atomic E-state index is 12.2. The zero-order chi connectivity index (χ0) is 20.1. The van der Waals surface area contributed by atoms with Crippen molar-refractivity contribution in [3.05, 3.63) is 53.6 Å². The number of carbonyl (C=O) groups excluding carboxylic acids is 3. The van der Waals surface area contributed by atoms with Gasteiger partial charge in [0.25, 0.3) is 5.91 Å². The monoisotopic (exact) mass is 384 g/mol. The molecule has 0 spiro atoms. The van der Waals surface area contributed by atoms with Crippen molar-refractivity contribution in [2.24, 2.45) is 0 Å². The molecule has 0 aliphatic carbocycles. The quantitative estimate of drug-likeness (QED) is 0.741. The second-order valence-corrected chi connectivity index (χ2v) is 6.21. The van der Waals surface area contributed by atoms with E-state index >= 15 is 0 Å². The van der Waals surface area contributed by atoms with Crippen LogP contribution in [0.2, 0.25) is 0 Å². The molecule has 2 amide bonds. The molecule has 0 radical (unpaired) electrons. The highest BCUT2D eigenvalue weighted by molar-refractivity contribution is 5.93. The van der Waals surface area contributed by atoms with Crippen molar-refractivity contribution in [2.75, 3.05) is 12.1 Å². The van der Waals surface area contributed by atoms with Crippen molar-refractivity contribution in [1.29, 1.82) is 0 Å². The van der Waals surface area contributed by atoms with E-state index in [2.05, 4.69) is 10.6 Å². The molecule has 8 heteroatoms. The molecule has 2 N–H and O–H groups in total. The molecule has 2 aromatic carbocycles. The Morgan fingerprint density at radius 1 is 1.07 bits per heavy atom. The van der Waals surface area contributed by atoms with Crippen LogP contribution in [0.25, 0.3) is 0 Å². The average Bonchev–Trinajstić information content (AvgIpc) is 3.13. The van der Waals surface area contributed by atoms with Crippen LogP contribution in [-0.4, -0.2) is 30.7 Å². The van der Waals surface area contributed by atoms with Crippen molar-refractivity contribution in [2.45, 2.75) is 26.5 Å². The lowest BCUT2D eigenvalue weighted by atomic mass is 10.2. The zero-order valence-corrected chi connectivity index (χ0v) is 15.5. The molecule has 0 saturated heterocycles. The van der Waals surface area contributed by atoms with E-state index in [1.807, 2.05) is 6.07 Å². The minimum atomic E-state index is -0.962. The lowest BCUT2D eigenvalue weighted by molar-refractivity contribution is -0.129. The average molecular weight is 384 g/mol. The maximum Gasteiger partial charge on any atom is 0.338 e. The summed E-state index contributed by atoms with van der Waals surface area (Å²) in [4.78, 5) is 35.4. The van der Waals surface area contributed by atoms with E-state index in [4.69, 9.17) is 14.2 Å². The zero-order valence-electron chi connectivity index (χ0n) is 15.5. The molecule has 0 fully saturated rings. The Balaban J connectivity index is 1.50. The van der Waals surface area contributed by atoms with Crippen LogP contribution in [0, 0.1) is 0 Å². The molecule has 1 aliphatic heterocycles. The minimum absolute atomic E-state index is 0.184. The smallest absolute Gasteiger partial charge is 0.338 e. The third-order valence-corrected chi connectivity index (χ3v) is 4.00. The van der Waals surface area contributed by atoms with Gasteiger partial charge in [-0.25, -0.2) is 4.79 Å². The SMILES string of the molecule is CC(=O)Nc1ccc(C(=O)O[C@@H](C)C(=O)NCc2ccc3c(c2)OCO3)cc1. The van der Waals surface area contributed by atoms with Crippen LogP contribution in [0.5, 0.6) is 11.5 Å². The summed E-state index contributed by atoms with van der Waals surface area (Å²) in [5, 5.41) is 5.32. The molecule has 28 heavy (non-hydrogen) atoms. The topological polar surface area (TPSA) is 103 Å². The predicted octanol–water partition coefficient (Wildman–Crippen LogP) is 2.24. The largest absolute Gasteiger partial charge is 0.454 e. The van der Waals surface area contributed by atoms with Gasteiger partial charge in [0.1, 0.15) is 0 Å². The van der Waals surface area contributed by atoms with Crippen LogP contribution in [0.4, 0.5) is 5.69 Å². The Morgan fingerprint density at radius 3 is 2.50 bits per heavy atom. The van der Waals surface area contributed by atoms with Crippen LogP contribution in [0.3, 0.4) is 0 Å². The summed E-state index contributed by atoms with van der Waals surface area (Å²) in [5.41, 5.74) is 1.69. The first-order valence-corrected chi connectivity index (χ1v) is 8.67. The van der Waals surface area contributed by atoms with Gasteiger partial charge in [-0.15, -0.1) is 0 Å². The van der Waals surface area contributed by atoms with Gasteiger partial charge < -0.3 is 24.8 Å². The highest BCUT2D eigenvalue weighted by atomic mass is 16.7. The molecule has 1 aliphatic rings. The van der Waals surface area contributed by atoms with E-state index < -0.39 is 18.0 Å². The van der Waals surface area contributed by atoms with Crippen LogP contribution in [-0.2, 0) is 20.9 Å². The standard InChI is InChI=1S/C20H20N2O6/c1-12(28-20(25)15-4-6-16(7-5-15)22-13(2)23)19(24)21-10-14-3-8-17-18(9-14)27-11-26-17/h3-9,12H,10-11H2,1-2H3,(H,21,24)(H,22,23)/t12-/m0/s1. The van der Waals surface area contributed by atoms with Crippen LogP contribution in [0.15, 0.2) is 42.5 Å². The van der Waals surface area contributed by atoms with Gasteiger partial charge in [-0.3, -0.25) is 9.59 Å². The van der Waals surface area contributed by atoms with E-state index in [0.717, 1.165) is 5.56 Å². The number of fused-ring (bicyclic) bond motifs is 1. The number of hydrogen-bond acceptors (Lipinski definition) is 6. The third kappa shape index (κ3) is 4.79. The van der Waals surface area contributed by atoms with Gasteiger partial charge in [0.2, 0.25) is 12.7 Å². The normalized spacial score (nSPS) is 12.8. The third-order valence-electron chi connectivity index (χ3n) is 4.00. The predicted molar refractivity (Wildman–Crippen MR) is 100 cm³/mol. The van der Waals surface area contributed by atoms with Crippen LogP contribution >= 0.6 is 0 Å². The molecule has 8 nitrogen and oxygen atoms in total. The second kappa shape index (κ2) is 8.43. The number of amides is 2. The first-order chi connectivity index (χ1) is 13.4. The summed E-state index contributed by atoms with van der Waals surface area (Å²) in [5.74, 6) is 0.0555. The van der Waals surface area contributed by atoms with Gasteiger partial charge in [-0.2, -0.15) is 0 Å². The Kier molecular flexibility index (Phi) is 5.78. The molecule has 1 heterocycles. The minimum Gasteiger partial charge on any atom is -0.454 e. The number of rotatable bonds is 6. The first-order valence-electron chi connectivity index (χ1n) is 8.67. The van der Waals surface area contributed by atoms with Gasteiger partial charge >= 0.3 is 5.97 Å². The Labute approximate surface area is 161 Å². The van der Waals surface area contributed by atoms with E-state index in [1.165, 1.54) is 26.0 Å². The van der Waals surface area contributed by atoms with Crippen molar-refractivity contribution >= 4 is 23.5 Å². The van der Waals surface area contributed by atoms with E-state index in [0.29, 0.717) is 17.2 Å². The highest BCUT2D eigenvalue weighted by Gasteiger charge is 2.19. The lowest BCUT2D eigenvalue weighted by Gasteiger charge is -2.14. The molecule has 146 valence electrons. The molecule has 0 saturated carbocycles. The number of benzene rings is 2. The number of anilines is 1. The van der Waals surface area contributed by atoms with Crippen molar-refractivity contribution < 1.29 is 28.6 Å². The van der Waals surface area contributed by atoms with Crippen LogP contribution < -0.4 is 20.1 Å². The van der Waals surface area contributed by atoms with Gasteiger partial charge in [-0.1, -0.05) is 6.07 Å². The van der Waals surface area contributed by atoms with E-state index in [-0.39, 0.29) is 24.8 Å². The lowest BCUT2D eigenvalue weighted by Crippen LogP contribution is -2.35. The number of hydrogen-bond donors (Lipinski definition) is 2. The molecule has 2 aromatic rings. The van der Waals surface area contributed by atoms with Crippen molar-refractivity contribution in [1.82, 2.24) is 5.32 Å². The maximum atomic E-state index is 12.2. The first kappa shape index (κ1) is 19.2. The fourth-order valence-corrected chi connectivity index (χ4v) is 2.56. The highest BCUT2D eigenvalue weighted by Crippen LogP contribution is 2.32. The molecular formula is C20H20N2O6. The fourth-order valence-electron chi connectivity index (χ4n) is 2.56. The number of esters is 1. The molecular weight excluding hydrogens is 364 g/mol. The summed E-state index contributed by atoms with van der Waals surface area (Å²) in [6.45, 7) is 3.34. The Hall–Kier alpha value is -3.55. The number of ether oxygens (including phenoxy) is 3. The van der Waals surface area contributed by atoms with Gasteiger partial charge in [0.15, 0.2) is 17.6 Å². The molecule has 3 rings (SSSR count). The van der Waals surface area contributed by atoms with Gasteiger partial charge in [0.05, 0.1) is 5.56 Å². The van der Waals surface area contributed by atoms with Gasteiger partial charge in [0, 0.05) is 19.2 Å². The summed E-state index contributed by atoms with van der Waals surface area (Å²) < 4.78 is 15.7. The van der Waals surface area contributed by atoms with Crippen molar-refractivity contribution in [3.8, 4) is 11.5 Å². The number of carbonyl (C=O) groups is 3.